The van der Waals surface area contributed by atoms with Gasteiger partial charge >= 0.3 is 12.0 Å². The summed E-state index contributed by atoms with van der Waals surface area (Å²) >= 11 is 1.06. The molecule has 0 saturated carbocycles. The van der Waals surface area contributed by atoms with E-state index < -0.39 is 5.97 Å². The molecular formula is C12H17N3O3S. The highest BCUT2D eigenvalue weighted by Crippen LogP contribution is 2.28. The number of carbonyl (C=O) groups is 2. The Morgan fingerprint density at radius 1 is 1.47 bits per heavy atom. The van der Waals surface area contributed by atoms with Gasteiger partial charge in [0, 0.05) is 19.6 Å². The van der Waals surface area contributed by atoms with E-state index in [1.54, 1.807) is 16.7 Å². The van der Waals surface area contributed by atoms with Crippen LogP contribution in [-0.2, 0) is 0 Å². The Labute approximate surface area is 115 Å². The minimum atomic E-state index is -0.990. The van der Waals surface area contributed by atoms with E-state index in [1.807, 2.05) is 0 Å². The average Bonchev–Trinajstić information content (AvgIpc) is 2.90. The van der Waals surface area contributed by atoms with Gasteiger partial charge in [0.05, 0.1) is 5.69 Å². The minimum Gasteiger partial charge on any atom is -0.477 e. The number of anilines is 1. The minimum absolute atomic E-state index is 0.0702. The van der Waals surface area contributed by atoms with Crippen molar-refractivity contribution in [2.75, 3.05) is 24.5 Å². The van der Waals surface area contributed by atoms with Gasteiger partial charge in [-0.2, -0.15) is 0 Å². The molecule has 1 aromatic heterocycles. The van der Waals surface area contributed by atoms with Crippen LogP contribution >= 0.6 is 11.3 Å². The van der Waals surface area contributed by atoms with Crippen molar-refractivity contribution in [1.29, 1.82) is 0 Å². The van der Waals surface area contributed by atoms with Crippen LogP contribution in [0.5, 0.6) is 0 Å². The number of aromatic nitrogens is 1. The molecule has 19 heavy (non-hydrogen) atoms. The van der Waals surface area contributed by atoms with Crippen molar-refractivity contribution in [3.8, 4) is 0 Å². The Kier molecular flexibility index (Phi) is 4.04. The molecule has 7 heteroatoms. The van der Waals surface area contributed by atoms with E-state index in [4.69, 9.17) is 5.11 Å². The van der Waals surface area contributed by atoms with Gasteiger partial charge < -0.3 is 10.0 Å². The quantitative estimate of drug-likeness (QED) is 0.899. The van der Waals surface area contributed by atoms with E-state index in [2.05, 4.69) is 11.9 Å². The largest absolute Gasteiger partial charge is 0.477 e. The third-order valence-corrected chi connectivity index (χ3v) is 4.26. The van der Waals surface area contributed by atoms with Crippen molar-refractivity contribution in [3.63, 3.8) is 0 Å². The molecule has 2 heterocycles. The number of nitrogens with zero attached hydrogens (tertiary/aromatic N) is 3. The third kappa shape index (κ3) is 2.70. The van der Waals surface area contributed by atoms with Crippen LogP contribution in [0.2, 0.25) is 0 Å². The molecule has 1 aliphatic heterocycles. The topological polar surface area (TPSA) is 73.7 Å². The maximum atomic E-state index is 12.2. The van der Waals surface area contributed by atoms with Gasteiger partial charge in [0.25, 0.3) is 0 Å². The number of aryl methyl sites for hydroxylation is 1. The van der Waals surface area contributed by atoms with Crippen molar-refractivity contribution in [3.05, 3.63) is 10.6 Å². The highest BCUT2D eigenvalue weighted by Gasteiger charge is 2.31. The number of carbonyl (C=O) groups excluding carboxylic acids is 1. The van der Waals surface area contributed by atoms with Crippen LogP contribution in [0, 0.1) is 6.92 Å². The lowest BCUT2D eigenvalue weighted by Gasteiger charge is -2.16. The maximum Gasteiger partial charge on any atom is 0.347 e. The maximum absolute atomic E-state index is 12.2. The molecule has 0 bridgehead atoms. The first kappa shape index (κ1) is 13.8. The van der Waals surface area contributed by atoms with Gasteiger partial charge in [-0.15, -0.1) is 0 Å². The molecule has 1 aromatic rings. The summed E-state index contributed by atoms with van der Waals surface area (Å²) in [5, 5.41) is 9.50. The number of amides is 2. The molecule has 2 amide bonds. The Morgan fingerprint density at radius 2 is 2.21 bits per heavy atom. The predicted octanol–water partition coefficient (Wildman–Crippen LogP) is 2.19. The van der Waals surface area contributed by atoms with Crippen LogP contribution in [0.25, 0.3) is 0 Å². The lowest BCUT2D eigenvalue weighted by atomic mass is 10.3. The van der Waals surface area contributed by atoms with E-state index in [9.17, 15) is 9.59 Å². The highest BCUT2D eigenvalue weighted by atomic mass is 32.1. The van der Waals surface area contributed by atoms with Crippen LogP contribution < -0.4 is 4.90 Å². The number of hydrogen-bond donors (Lipinski definition) is 1. The first-order valence-electron chi connectivity index (χ1n) is 6.31. The van der Waals surface area contributed by atoms with Crippen LogP contribution in [0.4, 0.5) is 9.93 Å². The molecule has 0 unspecified atom stereocenters. The molecule has 1 N–H and O–H groups in total. The van der Waals surface area contributed by atoms with E-state index >= 15 is 0 Å². The molecule has 0 atom stereocenters. The molecule has 104 valence electrons. The van der Waals surface area contributed by atoms with Gasteiger partial charge in [-0.1, -0.05) is 24.7 Å². The van der Waals surface area contributed by atoms with E-state index in [1.165, 1.54) is 0 Å². The number of rotatable bonds is 5. The molecular weight excluding hydrogens is 266 g/mol. The number of thiazole rings is 1. The lowest BCUT2D eigenvalue weighted by Crippen LogP contribution is -2.32. The van der Waals surface area contributed by atoms with E-state index in [0.29, 0.717) is 23.9 Å². The monoisotopic (exact) mass is 283 g/mol. The van der Waals surface area contributed by atoms with Gasteiger partial charge in [-0.25, -0.2) is 14.6 Å². The van der Waals surface area contributed by atoms with Crippen LogP contribution in [0.15, 0.2) is 0 Å². The number of hydrogen-bond acceptors (Lipinski definition) is 4. The van der Waals surface area contributed by atoms with Gasteiger partial charge in [0.15, 0.2) is 5.13 Å². The smallest absolute Gasteiger partial charge is 0.347 e. The van der Waals surface area contributed by atoms with E-state index in [-0.39, 0.29) is 10.9 Å². The fourth-order valence-electron chi connectivity index (χ4n) is 2.01. The number of carboxylic acids is 1. The van der Waals surface area contributed by atoms with Crippen molar-refractivity contribution in [2.24, 2.45) is 0 Å². The summed E-state index contributed by atoms with van der Waals surface area (Å²) in [5.41, 5.74) is 0.465. The van der Waals surface area contributed by atoms with Crippen molar-refractivity contribution in [1.82, 2.24) is 9.88 Å². The third-order valence-electron chi connectivity index (χ3n) is 3.09. The Hall–Kier alpha value is -1.63. The predicted molar refractivity (Wildman–Crippen MR) is 73.0 cm³/mol. The highest BCUT2D eigenvalue weighted by molar-refractivity contribution is 7.17. The molecule has 0 spiro atoms. The van der Waals surface area contributed by atoms with Gasteiger partial charge in [0.2, 0.25) is 0 Å². The SMILES string of the molecule is CCCCN1CCN(c2nc(C)c(C(=O)O)s2)C1=O. The second kappa shape index (κ2) is 5.56. The van der Waals surface area contributed by atoms with Gasteiger partial charge in [-0.05, 0) is 13.3 Å². The molecule has 0 radical (unpaired) electrons. The Morgan fingerprint density at radius 3 is 2.79 bits per heavy atom. The van der Waals surface area contributed by atoms with Gasteiger partial charge in [-0.3, -0.25) is 4.90 Å². The number of unbranched alkanes of at least 4 members (excludes halogenated alkanes) is 1. The molecule has 1 aliphatic rings. The summed E-state index contributed by atoms with van der Waals surface area (Å²) in [6.07, 6.45) is 2.03. The Bertz CT molecular complexity index is 500. The fraction of sp³-hybridized carbons (Fsp3) is 0.583. The first-order chi connectivity index (χ1) is 9.04. The summed E-state index contributed by atoms with van der Waals surface area (Å²) in [7, 11) is 0. The zero-order valence-corrected chi connectivity index (χ0v) is 11.9. The van der Waals surface area contributed by atoms with E-state index in [0.717, 1.165) is 30.7 Å². The van der Waals surface area contributed by atoms with Crippen LogP contribution in [0.3, 0.4) is 0 Å². The lowest BCUT2D eigenvalue weighted by molar-refractivity contribution is 0.0701. The molecule has 1 fully saturated rings. The fourth-order valence-corrected chi connectivity index (χ4v) is 2.94. The van der Waals surface area contributed by atoms with Crippen molar-refractivity contribution in [2.45, 2.75) is 26.7 Å². The summed E-state index contributed by atoms with van der Waals surface area (Å²) in [6.45, 7) is 5.75. The standard InChI is InChI=1S/C12H17N3O3S/c1-3-4-5-14-6-7-15(12(14)18)11-13-8(2)9(19-11)10(16)17/h3-7H2,1-2H3,(H,16,17). The summed E-state index contributed by atoms with van der Waals surface area (Å²) in [6, 6.07) is -0.0702. The second-order valence-electron chi connectivity index (χ2n) is 4.49. The summed E-state index contributed by atoms with van der Waals surface area (Å²) in [5.74, 6) is -0.990. The summed E-state index contributed by atoms with van der Waals surface area (Å²) < 4.78 is 0. The van der Waals surface area contributed by atoms with Crippen LogP contribution in [-0.4, -0.2) is 46.6 Å². The molecule has 1 saturated heterocycles. The van der Waals surface area contributed by atoms with Crippen molar-refractivity contribution >= 4 is 28.5 Å². The number of urea groups is 1. The van der Waals surface area contributed by atoms with Gasteiger partial charge in [0.1, 0.15) is 4.88 Å². The first-order valence-corrected chi connectivity index (χ1v) is 7.13. The van der Waals surface area contributed by atoms with Crippen molar-refractivity contribution < 1.29 is 14.7 Å². The Balaban J connectivity index is 2.13. The molecule has 0 aliphatic carbocycles. The zero-order chi connectivity index (χ0) is 14.0. The molecule has 2 rings (SSSR count). The summed E-state index contributed by atoms with van der Waals surface area (Å²) in [4.78, 5) is 30.9. The number of carboxylic acid groups (broad SMARTS) is 1. The van der Waals surface area contributed by atoms with Crippen LogP contribution in [0.1, 0.15) is 35.1 Å². The number of aromatic carboxylic acids is 1. The zero-order valence-electron chi connectivity index (χ0n) is 11.0. The molecule has 0 aromatic carbocycles. The second-order valence-corrected chi connectivity index (χ2v) is 5.47. The average molecular weight is 283 g/mol. The molecule has 6 nitrogen and oxygen atoms in total. The normalized spacial score (nSPS) is 15.4.